The van der Waals surface area contributed by atoms with E-state index in [0.717, 1.165) is 31.0 Å². The van der Waals surface area contributed by atoms with E-state index in [4.69, 9.17) is 8.94 Å². The fourth-order valence-corrected chi connectivity index (χ4v) is 3.36. The Balaban J connectivity index is 1.23. The summed E-state index contributed by atoms with van der Waals surface area (Å²) in [5.41, 5.74) is 1.13. The number of benzene rings is 1. The van der Waals surface area contributed by atoms with Crippen molar-refractivity contribution in [1.29, 1.82) is 0 Å². The van der Waals surface area contributed by atoms with Crippen molar-refractivity contribution in [3.05, 3.63) is 71.3 Å². The molecule has 3 heterocycles. The average molecular weight is 380 g/mol. The summed E-state index contributed by atoms with van der Waals surface area (Å²) in [5.74, 6) is 2.10. The lowest BCUT2D eigenvalue weighted by atomic mass is 10.1. The van der Waals surface area contributed by atoms with Crippen LogP contribution in [-0.2, 0) is 19.4 Å². The van der Waals surface area contributed by atoms with Gasteiger partial charge < -0.3 is 14.3 Å². The molecule has 0 spiro atoms. The molecule has 146 valence electrons. The molecule has 1 aliphatic rings. The van der Waals surface area contributed by atoms with E-state index in [1.54, 1.807) is 6.07 Å². The molecule has 1 saturated heterocycles. The second kappa shape index (κ2) is 8.84. The van der Waals surface area contributed by atoms with Gasteiger partial charge in [-0.2, -0.15) is 4.98 Å². The van der Waals surface area contributed by atoms with Crippen LogP contribution in [0.25, 0.3) is 0 Å². The van der Waals surface area contributed by atoms with Crippen molar-refractivity contribution < 1.29 is 13.7 Å². The van der Waals surface area contributed by atoms with Gasteiger partial charge in [-0.3, -0.25) is 9.69 Å². The van der Waals surface area contributed by atoms with E-state index in [-0.39, 0.29) is 5.91 Å². The molecule has 0 saturated carbocycles. The summed E-state index contributed by atoms with van der Waals surface area (Å²) < 4.78 is 10.9. The normalized spacial score (nSPS) is 14.4. The van der Waals surface area contributed by atoms with Crippen molar-refractivity contribution in [1.82, 2.24) is 20.4 Å². The maximum Gasteiger partial charge on any atom is 0.287 e. The lowest BCUT2D eigenvalue weighted by molar-refractivity contribution is 0.0922. The molecule has 4 rings (SSSR count). The molecule has 1 fully saturated rings. The van der Waals surface area contributed by atoms with Gasteiger partial charge in [0.1, 0.15) is 5.76 Å². The predicted octanol–water partition coefficient (Wildman–Crippen LogP) is 2.82. The Kier molecular flexibility index (Phi) is 5.82. The second-order valence-corrected chi connectivity index (χ2v) is 7.02. The van der Waals surface area contributed by atoms with E-state index < -0.39 is 0 Å². The number of hydrogen-bond donors (Lipinski definition) is 1. The van der Waals surface area contributed by atoms with Gasteiger partial charge in [-0.1, -0.05) is 35.5 Å². The van der Waals surface area contributed by atoms with Crippen LogP contribution in [0.3, 0.4) is 0 Å². The summed E-state index contributed by atoms with van der Waals surface area (Å²) in [7, 11) is 0. The topological polar surface area (TPSA) is 84.4 Å². The molecule has 7 heteroatoms. The van der Waals surface area contributed by atoms with E-state index in [2.05, 4.69) is 20.4 Å². The molecule has 2 aromatic heterocycles. The number of nitrogens with one attached hydrogen (secondary N) is 1. The third kappa shape index (κ3) is 4.86. The van der Waals surface area contributed by atoms with Crippen molar-refractivity contribution >= 4 is 5.91 Å². The molecule has 0 atom stereocenters. The molecule has 1 amide bonds. The van der Waals surface area contributed by atoms with Gasteiger partial charge in [-0.15, -0.1) is 0 Å². The zero-order valence-corrected chi connectivity index (χ0v) is 15.8. The molecule has 1 aromatic carbocycles. The average Bonchev–Trinajstić information content (AvgIpc) is 3.46. The lowest BCUT2D eigenvalue weighted by Gasteiger charge is -2.11. The van der Waals surface area contributed by atoms with Crippen LogP contribution in [0.2, 0.25) is 0 Å². The maximum absolute atomic E-state index is 12.2. The molecular weight excluding hydrogens is 356 g/mol. The molecule has 1 N–H and O–H groups in total. The number of carbonyl (C=O) groups is 1. The molecular formula is C21H24N4O3. The van der Waals surface area contributed by atoms with Crippen LogP contribution in [0.5, 0.6) is 0 Å². The van der Waals surface area contributed by atoms with E-state index in [1.165, 1.54) is 12.8 Å². The first kappa shape index (κ1) is 18.4. The molecule has 0 unspecified atom stereocenters. The van der Waals surface area contributed by atoms with E-state index in [9.17, 15) is 4.79 Å². The fourth-order valence-electron chi connectivity index (χ4n) is 3.36. The first-order chi connectivity index (χ1) is 13.8. The maximum atomic E-state index is 12.2. The van der Waals surface area contributed by atoms with Crippen molar-refractivity contribution in [2.24, 2.45) is 0 Å². The lowest BCUT2D eigenvalue weighted by Crippen LogP contribution is -2.25. The number of rotatable bonds is 8. The first-order valence-electron chi connectivity index (χ1n) is 9.71. The van der Waals surface area contributed by atoms with Crippen LogP contribution < -0.4 is 5.32 Å². The van der Waals surface area contributed by atoms with Crippen LogP contribution in [-0.4, -0.2) is 40.6 Å². The van der Waals surface area contributed by atoms with E-state index >= 15 is 0 Å². The summed E-state index contributed by atoms with van der Waals surface area (Å²) in [5, 5.41) is 6.84. The SMILES string of the molecule is O=C(NCCc1nc(Cc2ccccc2)no1)c1ccc(CN2CCCC2)o1. The highest BCUT2D eigenvalue weighted by molar-refractivity contribution is 5.91. The number of hydrogen-bond acceptors (Lipinski definition) is 6. The highest BCUT2D eigenvalue weighted by Crippen LogP contribution is 2.15. The van der Waals surface area contributed by atoms with Gasteiger partial charge in [0.2, 0.25) is 5.89 Å². The van der Waals surface area contributed by atoms with Crippen molar-refractivity contribution in [3.63, 3.8) is 0 Å². The van der Waals surface area contributed by atoms with Gasteiger partial charge in [-0.25, -0.2) is 0 Å². The van der Waals surface area contributed by atoms with Crippen LogP contribution in [0.15, 0.2) is 51.4 Å². The van der Waals surface area contributed by atoms with Crippen LogP contribution >= 0.6 is 0 Å². The molecule has 0 radical (unpaired) electrons. The molecule has 0 bridgehead atoms. The van der Waals surface area contributed by atoms with Gasteiger partial charge >= 0.3 is 0 Å². The van der Waals surface area contributed by atoms with E-state index in [1.807, 2.05) is 36.4 Å². The summed E-state index contributed by atoms with van der Waals surface area (Å²) in [6, 6.07) is 13.6. The Morgan fingerprint density at radius 2 is 1.93 bits per heavy atom. The number of carbonyl (C=O) groups excluding carboxylic acids is 1. The zero-order valence-electron chi connectivity index (χ0n) is 15.8. The second-order valence-electron chi connectivity index (χ2n) is 7.02. The first-order valence-corrected chi connectivity index (χ1v) is 9.71. The van der Waals surface area contributed by atoms with Crippen LogP contribution in [0.4, 0.5) is 0 Å². The summed E-state index contributed by atoms with van der Waals surface area (Å²) in [6.07, 6.45) is 3.57. The molecule has 28 heavy (non-hydrogen) atoms. The molecule has 0 aliphatic carbocycles. The van der Waals surface area contributed by atoms with Gasteiger partial charge in [0, 0.05) is 19.4 Å². The zero-order chi connectivity index (χ0) is 19.2. The largest absolute Gasteiger partial charge is 0.455 e. The Labute approximate surface area is 163 Å². The predicted molar refractivity (Wildman–Crippen MR) is 103 cm³/mol. The fraction of sp³-hybridized carbons (Fsp3) is 0.381. The smallest absolute Gasteiger partial charge is 0.287 e. The highest BCUT2D eigenvalue weighted by atomic mass is 16.5. The number of nitrogens with zero attached hydrogens (tertiary/aromatic N) is 3. The molecule has 3 aromatic rings. The van der Waals surface area contributed by atoms with Crippen molar-refractivity contribution in [2.75, 3.05) is 19.6 Å². The summed E-state index contributed by atoms with van der Waals surface area (Å²) in [6.45, 7) is 3.37. The Morgan fingerprint density at radius 3 is 2.75 bits per heavy atom. The van der Waals surface area contributed by atoms with Crippen LogP contribution in [0, 0.1) is 0 Å². The highest BCUT2D eigenvalue weighted by Gasteiger charge is 2.16. The Morgan fingerprint density at radius 1 is 1.11 bits per heavy atom. The number of likely N-dealkylation sites (tertiary alicyclic amines) is 1. The Hall–Kier alpha value is -2.93. The van der Waals surface area contributed by atoms with Gasteiger partial charge in [0.25, 0.3) is 5.91 Å². The number of amides is 1. The van der Waals surface area contributed by atoms with Gasteiger partial charge in [-0.05, 0) is 43.6 Å². The minimum atomic E-state index is -0.225. The monoisotopic (exact) mass is 380 g/mol. The number of aromatic nitrogens is 2. The van der Waals surface area contributed by atoms with Crippen molar-refractivity contribution in [2.45, 2.75) is 32.2 Å². The standard InChI is InChI=1S/C21H24N4O3/c26-21(18-9-8-17(27-18)15-25-12-4-5-13-25)22-11-10-20-23-19(24-28-20)14-16-6-2-1-3-7-16/h1-3,6-9H,4-5,10-15H2,(H,22,26). The summed E-state index contributed by atoms with van der Waals surface area (Å²) in [4.78, 5) is 19.0. The van der Waals surface area contributed by atoms with Crippen molar-refractivity contribution in [3.8, 4) is 0 Å². The Bertz CT molecular complexity index is 897. The van der Waals surface area contributed by atoms with E-state index in [0.29, 0.717) is 36.9 Å². The summed E-state index contributed by atoms with van der Waals surface area (Å²) >= 11 is 0. The third-order valence-electron chi connectivity index (χ3n) is 4.80. The third-order valence-corrected chi connectivity index (χ3v) is 4.80. The molecule has 1 aliphatic heterocycles. The van der Waals surface area contributed by atoms with Crippen LogP contribution in [0.1, 0.15) is 46.4 Å². The number of furan rings is 1. The minimum absolute atomic E-state index is 0.225. The quantitative estimate of drug-likeness (QED) is 0.647. The van der Waals surface area contributed by atoms with Gasteiger partial charge in [0.15, 0.2) is 11.6 Å². The minimum Gasteiger partial charge on any atom is -0.455 e. The molecule has 7 nitrogen and oxygen atoms in total. The van der Waals surface area contributed by atoms with Gasteiger partial charge in [0.05, 0.1) is 6.54 Å².